The molecule has 3 heterocycles. The highest BCUT2D eigenvalue weighted by Gasteiger charge is 2.46. The smallest absolute Gasteiger partial charge is 0.265 e. The average Bonchev–Trinajstić information content (AvgIpc) is 2.79. The topological polar surface area (TPSA) is 83.9 Å². The van der Waals surface area contributed by atoms with Crippen molar-refractivity contribution < 1.29 is 13.6 Å². The predicted molar refractivity (Wildman–Crippen MR) is 121 cm³/mol. The lowest BCUT2D eigenvalue weighted by atomic mass is 9.87. The van der Waals surface area contributed by atoms with Gasteiger partial charge in [0, 0.05) is 48.3 Å². The van der Waals surface area contributed by atoms with Gasteiger partial charge in [-0.3, -0.25) is 4.79 Å². The fourth-order valence-electron chi connectivity index (χ4n) is 4.04. The Bertz CT molecular complexity index is 1130. The number of aromatic nitrogens is 4. The number of rotatable bonds is 5. The van der Waals surface area contributed by atoms with E-state index in [1.165, 1.54) is 11.0 Å². The van der Waals surface area contributed by atoms with E-state index in [1.54, 1.807) is 49.9 Å². The number of amides is 1. The summed E-state index contributed by atoms with van der Waals surface area (Å²) in [6, 6.07) is 5.86. The number of hydrogen-bond acceptors (Lipinski definition) is 6. The highest BCUT2D eigenvalue weighted by atomic mass is 35.5. The third-order valence-electron chi connectivity index (χ3n) is 5.61. The molecule has 0 aliphatic carbocycles. The van der Waals surface area contributed by atoms with Gasteiger partial charge in [0.1, 0.15) is 0 Å². The summed E-state index contributed by atoms with van der Waals surface area (Å²) in [6.07, 6.45) is 6.11. The van der Waals surface area contributed by atoms with Crippen molar-refractivity contribution in [1.29, 1.82) is 0 Å². The fraction of sp³-hybridized carbons (Fsp3) is 0.348. The summed E-state index contributed by atoms with van der Waals surface area (Å²) >= 11 is 6.17. The highest BCUT2D eigenvalue weighted by Crippen LogP contribution is 2.36. The first kappa shape index (κ1) is 23.0. The molecule has 1 aromatic carbocycles. The van der Waals surface area contributed by atoms with E-state index in [9.17, 15) is 13.6 Å². The zero-order valence-electron chi connectivity index (χ0n) is 18.2. The van der Waals surface area contributed by atoms with Crippen LogP contribution < -0.4 is 5.32 Å². The molecule has 4 rings (SSSR count). The van der Waals surface area contributed by atoms with Crippen LogP contribution >= 0.6 is 11.6 Å². The standard InChI is InChI=1S/C23H23ClF2N6O/c1-14-10-29-22(30-11-14)31-12-19-15(2)9-23(25,26)13-32(19)21(33)18-8-16(24)4-5-17(18)20-27-6-3-7-28-20/h3-8,10-11,15,19H,9,12-13H2,1-2H3,(H,29,30,31)/t15-,19-/m1/s1. The molecular weight excluding hydrogens is 450 g/mol. The van der Waals surface area contributed by atoms with Crippen LogP contribution in [-0.4, -0.2) is 55.8 Å². The van der Waals surface area contributed by atoms with Gasteiger partial charge in [-0.25, -0.2) is 28.7 Å². The van der Waals surface area contributed by atoms with Crippen LogP contribution in [0.4, 0.5) is 14.7 Å². The third-order valence-corrected chi connectivity index (χ3v) is 5.84. The van der Waals surface area contributed by atoms with Crippen molar-refractivity contribution in [3.63, 3.8) is 0 Å². The molecule has 1 saturated heterocycles. The van der Waals surface area contributed by atoms with Crippen LogP contribution in [0.15, 0.2) is 49.1 Å². The Kier molecular flexibility index (Phi) is 6.51. The maximum absolute atomic E-state index is 14.6. The number of piperidine rings is 1. The molecule has 0 spiro atoms. The number of nitrogens with one attached hydrogen (secondary N) is 1. The molecule has 1 aliphatic heterocycles. The van der Waals surface area contributed by atoms with E-state index in [2.05, 4.69) is 25.3 Å². The molecule has 0 saturated carbocycles. The Labute approximate surface area is 195 Å². The minimum atomic E-state index is -3.01. The van der Waals surface area contributed by atoms with Crippen LogP contribution in [0.25, 0.3) is 11.4 Å². The number of anilines is 1. The Hall–Kier alpha value is -3.20. The van der Waals surface area contributed by atoms with E-state index in [-0.39, 0.29) is 18.5 Å². The van der Waals surface area contributed by atoms with Gasteiger partial charge in [0.05, 0.1) is 18.2 Å². The van der Waals surface area contributed by atoms with E-state index in [4.69, 9.17) is 11.6 Å². The average molecular weight is 473 g/mol. The Morgan fingerprint density at radius 2 is 1.91 bits per heavy atom. The summed E-state index contributed by atoms with van der Waals surface area (Å²) in [5.41, 5.74) is 1.51. The van der Waals surface area contributed by atoms with E-state index >= 15 is 0 Å². The van der Waals surface area contributed by atoms with Crippen molar-refractivity contribution in [2.24, 2.45) is 5.92 Å². The van der Waals surface area contributed by atoms with Crippen LogP contribution in [-0.2, 0) is 0 Å². The molecule has 1 amide bonds. The molecule has 2 aromatic heterocycles. The fourth-order valence-corrected chi connectivity index (χ4v) is 4.21. The zero-order chi connectivity index (χ0) is 23.6. The molecule has 33 heavy (non-hydrogen) atoms. The van der Waals surface area contributed by atoms with Gasteiger partial charge in [0.15, 0.2) is 5.82 Å². The maximum atomic E-state index is 14.6. The number of halogens is 3. The van der Waals surface area contributed by atoms with Crippen LogP contribution in [0, 0.1) is 12.8 Å². The van der Waals surface area contributed by atoms with E-state index in [0.29, 0.717) is 22.4 Å². The molecule has 0 unspecified atom stereocenters. The number of carbonyl (C=O) groups is 1. The molecule has 2 atom stereocenters. The number of carbonyl (C=O) groups excluding carboxylic acids is 1. The van der Waals surface area contributed by atoms with Crippen molar-refractivity contribution in [2.45, 2.75) is 32.2 Å². The Balaban J connectivity index is 1.67. The van der Waals surface area contributed by atoms with Gasteiger partial charge in [-0.15, -0.1) is 0 Å². The minimum Gasteiger partial charge on any atom is -0.352 e. The third kappa shape index (κ3) is 5.24. The number of alkyl halides is 2. The first-order chi connectivity index (χ1) is 15.7. The van der Waals surface area contributed by atoms with Gasteiger partial charge in [-0.1, -0.05) is 18.5 Å². The molecule has 3 aromatic rings. The molecule has 1 N–H and O–H groups in total. The zero-order valence-corrected chi connectivity index (χ0v) is 18.9. The first-order valence-electron chi connectivity index (χ1n) is 10.5. The number of likely N-dealkylation sites (tertiary alicyclic amines) is 1. The monoisotopic (exact) mass is 472 g/mol. The number of benzene rings is 1. The lowest BCUT2D eigenvalue weighted by Gasteiger charge is -2.43. The summed E-state index contributed by atoms with van der Waals surface area (Å²) < 4.78 is 29.2. The molecule has 1 aliphatic rings. The number of nitrogens with zero attached hydrogens (tertiary/aromatic N) is 5. The molecular formula is C23H23ClF2N6O. The van der Waals surface area contributed by atoms with E-state index < -0.39 is 30.3 Å². The SMILES string of the molecule is Cc1cnc(NC[C@@H]2[C@H](C)CC(F)(F)CN2C(=O)c2cc(Cl)ccc2-c2ncccn2)nc1. The Morgan fingerprint density at radius 3 is 2.61 bits per heavy atom. The van der Waals surface area contributed by atoms with Crippen LogP contribution in [0.3, 0.4) is 0 Å². The summed E-state index contributed by atoms with van der Waals surface area (Å²) in [4.78, 5) is 31.7. The van der Waals surface area contributed by atoms with Crippen molar-refractivity contribution in [2.75, 3.05) is 18.4 Å². The van der Waals surface area contributed by atoms with Gasteiger partial charge in [0.25, 0.3) is 11.8 Å². The van der Waals surface area contributed by atoms with E-state index in [1.807, 2.05) is 6.92 Å². The van der Waals surface area contributed by atoms with Crippen LogP contribution in [0.5, 0.6) is 0 Å². The summed E-state index contributed by atoms with van der Waals surface area (Å²) in [5.74, 6) is -3.33. The van der Waals surface area contributed by atoms with Crippen LogP contribution in [0.1, 0.15) is 29.3 Å². The molecule has 7 nitrogen and oxygen atoms in total. The van der Waals surface area contributed by atoms with Gasteiger partial charge in [-0.05, 0) is 42.7 Å². The molecule has 0 bridgehead atoms. The second kappa shape index (κ2) is 9.35. The van der Waals surface area contributed by atoms with Crippen molar-refractivity contribution in [3.8, 4) is 11.4 Å². The lowest BCUT2D eigenvalue weighted by molar-refractivity contribution is -0.0897. The summed E-state index contributed by atoms with van der Waals surface area (Å²) in [6.45, 7) is 3.12. The van der Waals surface area contributed by atoms with E-state index in [0.717, 1.165) is 5.56 Å². The quantitative estimate of drug-likeness (QED) is 0.589. The summed E-state index contributed by atoms with van der Waals surface area (Å²) in [5, 5.41) is 3.40. The highest BCUT2D eigenvalue weighted by molar-refractivity contribution is 6.31. The van der Waals surface area contributed by atoms with Crippen molar-refractivity contribution in [3.05, 3.63) is 65.2 Å². The molecule has 0 radical (unpaired) electrons. The molecule has 172 valence electrons. The first-order valence-corrected chi connectivity index (χ1v) is 10.9. The van der Waals surface area contributed by atoms with Gasteiger partial charge < -0.3 is 10.2 Å². The second-order valence-corrected chi connectivity index (χ2v) is 8.70. The maximum Gasteiger partial charge on any atom is 0.265 e. The normalized spacial score (nSPS) is 19.8. The predicted octanol–water partition coefficient (Wildman–Crippen LogP) is 4.49. The van der Waals surface area contributed by atoms with Crippen molar-refractivity contribution >= 4 is 23.5 Å². The largest absolute Gasteiger partial charge is 0.352 e. The van der Waals surface area contributed by atoms with Crippen molar-refractivity contribution in [1.82, 2.24) is 24.8 Å². The minimum absolute atomic E-state index is 0.176. The number of aryl methyl sites for hydroxylation is 1. The van der Waals surface area contributed by atoms with Gasteiger partial charge >= 0.3 is 0 Å². The number of hydrogen-bond donors (Lipinski definition) is 1. The lowest BCUT2D eigenvalue weighted by Crippen LogP contribution is -2.57. The Morgan fingerprint density at radius 1 is 1.21 bits per heavy atom. The molecule has 10 heteroatoms. The second-order valence-electron chi connectivity index (χ2n) is 8.26. The van der Waals surface area contributed by atoms with Crippen LogP contribution in [0.2, 0.25) is 5.02 Å². The molecule has 1 fully saturated rings. The van der Waals surface area contributed by atoms with Gasteiger partial charge in [0.2, 0.25) is 5.95 Å². The van der Waals surface area contributed by atoms with Gasteiger partial charge in [-0.2, -0.15) is 0 Å². The summed E-state index contributed by atoms with van der Waals surface area (Å²) in [7, 11) is 0.